The number of piperidine rings is 1. The second-order valence-electron chi connectivity index (χ2n) is 4.62. The van der Waals surface area contributed by atoms with Gasteiger partial charge in [-0.25, -0.2) is 4.98 Å². The molecule has 1 aliphatic heterocycles. The third-order valence-corrected chi connectivity index (χ3v) is 2.96. The summed E-state index contributed by atoms with van der Waals surface area (Å²) in [5.74, 6) is -0.375. The van der Waals surface area contributed by atoms with E-state index in [2.05, 4.69) is 25.9 Å². The average molecular weight is 303 g/mol. The molecule has 0 spiro atoms. The Labute approximate surface area is 119 Å². The lowest BCUT2D eigenvalue weighted by Crippen LogP contribution is -2.44. The van der Waals surface area contributed by atoms with E-state index in [1.54, 1.807) is 6.92 Å². The fraction of sp³-hybridized carbons (Fsp3) is 0.583. The number of nitrogens with zero attached hydrogens (tertiary/aromatic N) is 2. The number of alkyl halides is 3. The van der Waals surface area contributed by atoms with Crippen molar-refractivity contribution >= 4 is 17.7 Å². The van der Waals surface area contributed by atoms with Crippen LogP contribution in [0.3, 0.4) is 0 Å². The van der Waals surface area contributed by atoms with Gasteiger partial charge in [-0.2, -0.15) is 18.2 Å². The maximum atomic E-state index is 12.8. The highest BCUT2D eigenvalue weighted by atomic mass is 19.4. The molecular formula is C12H16F3N5O. The molecule has 3 N–H and O–H groups in total. The van der Waals surface area contributed by atoms with Crippen LogP contribution in [-0.4, -0.2) is 35.0 Å². The molecule has 1 atom stereocenters. The number of halogens is 3. The van der Waals surface area contributed by atoms with Crippen molar-refractivity contribution < 1.29 is 18.0 Å². The summed E-state index contributed by atoms with van der Waals surface area (Å²) < 4.78 is 38.5. The number of carbonyl (C=O) groups excluding carboxylic acids is 1. The van der Waals surface area contributed by atoms with Crippen LogP contribution in [0.5, 0.6) is 0 Å². The number of carbonyl (C=O) groups is 1. The molecule has 1 aliphatic rings. The first-order valence-electron chi connectivity index (χ1n) is 6.64. The summed E-state index contributed by atoms with van der Waals surface area (Å²) in [5.41, 5.74) is -1.05. The molecule has 1 aromatic heterocycles. The van der Waals surface area contributed by atoms with Gasteiger partial charge in [-0.05, 0) is 19.8 Å². The first-order valence-corrected chi connectivity index (χ1v) is 6.64. The number of anilines is 2. The van der Waals surface area contributed by atoms with Crippen LogP contribution in [-0.2, 0) is 11.0 Å². The molecule has 0 bridgehead atoms. The third-order valence-electron chi connectivity index (χ3n) is 2.96. The van der Waals surface area contributed by atoms with Crippen molar-refractivity contribution in [1.82, 2.24) is 15.3 Å². The molecule has 0 aliphatic carbocycles. The van der Waals surface area contributed by atoms with E-state index >= 15 is 0 Å². The van der Waals surface area contributed by atoms with Crippen LogP contribution < -0.4 is 16.0 Å². The summed E-state index contributed by atoms with van der Waals surface area (Å²) in [6.07, 6.45) is -3.26. The largest absolute Gasteiger partial charge is 0.433 e. The van der Waals surface area contributed by atoms with Crippen molar-refractivity contribution in [2.75, 3.05) is 23.7 Å². The van der Waals surface area contributed by atoms with E-state index in [9.17, 15) is 18.0 Å². The van der Waals surface area contributed by atoms with Gasteiger partial charge in [0.2, 0.25) is 11.9 Å². The van der Waals surface area contributed by atoms with Gasteiger partial charge in [0.1, 0.15) is 11.9 Å². The number of aromatic nitrogens is 2. The van der Waals surface area contributed by atoms with Gasteiger partial charge in [-0.15, -0.1) is 0 Å². The Morgan fingerprint density at radius 3 is 2.81 bits per heavy atom. The van der Waals surface area contributed by atoms with Crippen molar-refractivity contribution in [2.24, 2.45) is 0 Å². The van der Waals surface area contributed by atoms with Crippen LogP contribution in [0.25, 0.3) is 0 Å². The monoisotopic (exact) mass is 303 g/mol. The van der Waals surface area contributed by atoms with E-state index in [1.807, 2.05) is 0 Å². The van der Waals surface area contributed by atoms with Crippen molar-refractivity contribution in [1.29, 1.82) is 0 Å². The summed E-state index contributed by atoms with van der Waals surface area (Å²) in [4.78, 5) is 19.0. The molecule has 1 amide bonds. The smallest absolute Gasteiger partial charge is 0.358 e. The van der Waals surface area contributed by atoms with Gasteiger partial charge in [-0.3, -0.25) is 4.79 Å². The third kappa shape index (κ3) is 3.96. The second-order valence-corrected chi connectivity index (χ2v) is 4.62. The van der Waals surface area contributed by atoms with E-state index in [0.717, 1.165) is 12.5 Å². The van der Waals surface area contributed by atoms with Crippen LogP contribution in [0.1, 0.15) is 25.5 Å². The van der Waals surface area contributed by atoms with Gasteiger partial charge in [0.25, 0.3) is 0 Å². The summed E-state index contributed by atoms with van der Waals surface area (Å²) in [6, 6.07) is 0.229. The molecule has 1 fully saturated rings. The molecule has 116 valence electrons. The lowest BCUT2D eigenvalue weighted by Gasteiger charge is -2.23. The Bertz CT molecular complexity index is 520. The normalized spacial score (nSPS) is 19.0. The maximum Gasteiger partial charge on any atom is 0.433 e. The van der Waals surface area contributed by atoms with Gasteiger partial charge in [0.15, 0.2) is 5.69 Å². The summed E-state index contributed by atoms with van der Waals surface area (Å²) in [5, 5.41) is 8.04. The zero-order valence-electron chi connectivity index (χ0n) is 11.4. The Hall–Kier alpha value is -2.06. The molecule has 2 heterocycles. The fourth-order valence-electron chi connectivity index (χ4n) is 1.99. The Kier molecular flexibility index (Phi) is 4.49. The number of hydrogen-bond acceptors (Lipinski definition) is 5. The van der Waals surface area contributed by atoms with Gasteiger partial charge in [0.05, 0.1) is 0 Å². The second kappa shape index (κ2) is 6.15. The molecule has 0 saturated carbocycles. The number of rotatable bonds is 4. The highest BCUT2D eigenvalue weighted by Crippen LogP contribution is 2.30. The Balaban J connectivity index is 2.24. The van der Waals surface area contributed by atoms with Crippen LogP contribution in [0.15, 0.2) is 6.07 Å². The maximum absolute atomic E-state index is 12.8. The van der Waals surface area contributed by atoms with Gasteiger partial charge in [-0.1, -0.05) is 0 Å². The van der Waals surface area contributed by atoms with Gasteiger partial charge in [0, 0.05) is 19.2 Å². The molecule has 1 unspecified atom stereocenters. The Morgan fingerprint density at radius 1 is 1.43 bits per heavy atom. The van der Waals surface area contributed by atoms with Crippen LogP contribution in [0, 0.1) is 0 Å². The summed E-state index contributed by atoms with van der Waals surface area (Å²) >= 11 is 0. The van der Waals surface area contributed by atoms with Crippen LogP contribution >= 0.6 is 0 Å². The molecule has 21 heavy (non-hydrogen) atoms. The standard InChI is InChI=1S/C12H16F3N5O/c1-2-16-11-19-8(12(13,14)15)6-9(20-11)18-7-4-3-5-17-10(7)21/h6-7H,2-5H2,1H3,(H,17,21)(H2,16,18,19,20). The highest BCUT2D eigenvalue weighted by molar-refractivity contribution is 5.85. The molecule has 1 aromatic rings. The number of nitrogens with one attached hydrogen (secondary N) is 3. The van der Waals surface area contributed by atoms with Gasteiger partial charge >= 0.3 is 6.18 Å². The fourth-order valence-corrected chi connectivity index (χ4v) is 1.99. The first-order chi connectivity index (χ1) is 9.90. The minimum Gasteiger partial charge on any atom is -0.358 e. The van der Waals surface area contributed by atoms with Crippen LogP contribution in [0.4, 0.5) is 24.9 Å². The van der Waals surface area contributed by atoms with E-state index in [0.29, 0.717) is 19.5 Å². The number of hydrogen-bond donors (Lipinski definition) is 3. The van der Waals surface area contributed by atoms with E-state index in [4.69, 9.17) is 0 Å². The summed E-state index contributed by atoms with van der Waals surface area (Å²) in [7, 11) is 0. The zero-order valence-corrected chi connectivity index (χ0v) is 11.4. The van der Waals surface area contributed by atoms with E-state index in [1.165, 1.54) is 0 Å². The van der Waals surface area contributed by atoms with Crippen LogP contribution in [0.2, 0.25) is 0 Å². The predicted molar refractivity (Wildman–Crippen MR) is 70.9 cm³/mol. The minimum atomic E-state index is -4.57. The minimum absolute atomic E-state index is 0.0182. The number of amides is 1. The zero-order chi connectivity index (χ0) is 15.5. The lowest BCUT2D eigenvalue weighted by atomic mass is 10.1. The van der Waals surface area contributed by atoms with Gasteiger partial charge < -0.3 is 16.0 Å². The average Bonchev–Trinajstić information content (AvgIpc) is 2.41. The summed E-state index contributed by atoms with van der Waals surface area (Å²) in [6.45, 7) is 2.70. The molecule has 1 saturated heterocycles. The molecule has 0 radical (unpaired) electrons. The lowest BCUT2D eigenvalue weighted by molar-refractivity contribution is -0.141. The van der Waals surface area contributed by atoms with E-state index in [-0.39, 0.29) is 17.7 Å². The van der Waals surface area contributed by atoms with Crippen molar-refractivity contribution in [3.05, 3.63) is 11.8 Å². The highest BCUT2D eigenvalue weighted by Gasteiger charge is 2.34. The molecular weight excluding hydrogens is 287 g/mol. The Morgan fingerprint density at radius 2 is 2.19 bits per heavy atom. The molecule has 2 rings (SSSR count). The van der Waals surface area contributed by atoms with Crippen molar-refractivity contribution in [3.63, 3.8) is 0 Å². The molecule has 6 nitrogen and oxygen atoms in total. The SMILES string of the molecule is CCNc1nc(NC2CCCNC2=O)cc(C(F)(F)F)n1. The first kappa shape index (κ1) is 15.3. The van der Waals surface area contributed by atoms with Crippen molar-refractivity contribution in [2.45, 2.75) is 32.0 Å². The quantitative estimate of drug-likeness (QED) is 0.788. The topological polar surface area (TPSA) is 78.9 Å². The van der Waals surface area contributed by atoms with Crippen molar-refractivity contribution in [3.8, 4) is 0 Å². The molecule has 9 heteroatoms. The van der Waals surface area contributed by atoms with E-state index < -0.39 is 17.9 Å². The molecule has 0 aromatic carbocycles. The predicted octanol–water partition coefficient (Wildman–Crippen LogP) is 1.62.